The lowest BCUT2D eigenvalue weighted by atomic mass is 9.77. The van der Waals surface area contributed by atoms with Crippen LogP contribution in [0.5, 0.6) is 0 Å². The molecule has 4 atom stereocenters. The quantitative estimate of drug-likeness (QED) is 0.192. The number of hydrogen-bond donors (Lipinski definition) is 0. The van der Waals surface area contributed by atoms with E-state index in [1.807, 2.05) is 0 Å². The molecule has 0 aromatic heterocycles. The molecule has 1 fully saturated rings. The van der Waals surface area contributed by atoms with Gasteiger partial charge in [0.15, 0.2) is 0 Å². The maximum Gasteiger partial charge on any atom is 0.286 e. The lowest BCUT2D eigenvalue weighted by Gasteiger charge is -2.43. The molecule has 0 aromatic carbocycles. The molecule has 0 N–H and O–H groups in total. The SMILES string of the molecule is CCCCCCCCC(C1CC2C=CC1C2)C(OCC)(OCC)OCC. The van der Waals surface area contributed by atoms with E-state index in [0.717, 1.165) is 12.3 Å². The van der Waals surface area contributed by atoms with Crippen LogP contribution in [0.25, 0.3) is 0 Å². The lowest BCUT2D eigenvalue weighted by Crippen LogP contribution is -2.50. The highest BCUT2D eigenvalue weighted by atomic mass is 16.9. The summed E-state index contributed by atoms with van der Waals surface area (Å²) in [6.07, 6.45) is 16.6. The Balaban J connectivity index is 2.07. The van der Waals surface area contributed by atoms with Crippen LogP contribution in [0.2, 0.25) is 0 Å². The van der Waals surface area contributed by atoms with Gasteiger partial charge >= 0.3 is 0 Å². The predicted molar refractivity (Wildman–Crippen MR) is 108 cm³/mol. The average Bonchev–Trinajstić information content (AvgIpc) is 3.25. The molecule has 0 aromatic rings. The van der Waals surface area contributed by atoms with Crippen molar-refractivity contribution in [2.45, 2.75) is 91.5 Å². The van der Waals surface area contributed by atoms with Gasteiger partial charge in [-0.15, -0.1) is 0 Å². The molecule has 3 heteroatoms. The number of rotatable bonds is 15. The number of allylic oxidation sites excluding steroid dienone is 2. The molecule has 2 bridgehead atoms. The second-order valence-electron chi connectivity index (χ2n) is 8.01. The van der Waals surface area contributed by atoms with E-state index in [2.05, 4.69) is 39.8 Å². The summed E-state index contributed by atoms with van der Waals surface area (Å²) in [4.78, 5) is 0. The van der Waals surface area contributed by atoms with Gasteiger partial charge in [-0.05, 0) is 57.8 Å². The van der Waals surface area contributed by atoms with Crippen LogP contribution >= 0.6 is 0 Å². The third kappa shape index (κ3) is 5.56. The van der Waals surface area contributed by atoms with Gasteiger partial charge in [-0.2, -0.15) is 0 Å². The Morgan fingerprint density at radius 1 is 0.808 bits per heavy atom. The fourth-order valence-electron chi connectivity index (χ4n) is 5.13. The Labute approximate surface area is 161 Å². The molecular formula is C23H42O3. The van der Waals surface area contributed by atoms with Crippen molar-refractivity contribution in [1.82, 2.24) is 0 Å². The van der Waals surface area contributed by atoms with E-state index in [0.29, 0.717) is 37.6 Å². The summed E-state index contributed by atoms with van der Waals surface area (Å²) < 4.78 is 18.7. The molecular weight excluding hydrogens is 324 g/mol. The monoisotopic (exact) mass is 366 g/mol. The van der Waals surface area contributed by atoms with Crippen molar-refractivity contribution in [3.8, 4) is 0 Å². The molecule has 0 spiro atoms. The van der Waals surface area contributed by atoms with Crippen LogP contribution in [-0.4, -0.2) is 25.8 Å². The number of fused-ring (bicyclic) bond motifs is 2. The van der Waals surface area contributed by atoms with Crippen LogP contribution in [0, 0.1) is 23.7 Å². The third-order valence-electron chi connectivity index (χ3n) is 6.21. The molecule has 4 unspecified atom stereocenters. The first-order chi connectivity index (χ1) is 12.7. The predicted octanol–water partition coefficient (Wildman–Crippen LogP) is 6.33. The van der Waals surface area contributed by atoms with Crippen LogP contribution < -0.4 is 0 Å². The van der Waals surface area contributed by atoms with Gasteiger partial charge in [-0.1, -0.05) is 57.6 Å². The molecule has 152 valence electrons. The van der Waals surface area contributed by atoms with E-state index >= 15 is 0 Å². The van der Waals surface area contributed by atoms with Crippen LogP contribution in [0.1, 0.15) is 85.5 Å². The van der Waals surface area contributed by atoms with Crippen molar-refractivity contribution in [2.24, 2.45) is 23.7 Å². The van der Waals surface area contributed by atoms with Crippen LogP contribution in [0.4, 0.5) is 0 Å². The second-order valence-corrected chi connectivity index (χ2v) is 8.01. The van der Waals surface area contributed by atoms with Gasteiger partial charge < -0.3 is 14.2 Å². The molecule has 3 nitrogen and oxygen atoms in total. The molecule has 2 aliphatic carbocycles. The molecule has 0 aliphatic heterocycles. The molecule has 0 radical (unpaired) electrons. The third-order valence-corrected chi connectivity index (χ3v) is 6.21. The summed E-state index contributed by atoms with van der Waals surface area (Å²) in [6, 6.07) is 0. The number of hydrogen-bond acceptors (Lipinski definition) is 3. The van der Waals surface area contributed by atoms with Gasteiger partial charge in [-0.3, -0.25) is 0 Å². The van der Waals surface area contributed by atoms with E-state index in [4.69, 9.17) is 14.2 Å². The smallest absolute Gasteiger partial charge is 0.286 e. The summed E-state index contributed by atoms with van der Waals surface area (Å²) >= 11 is 0. The Kier molecular flexibility index (Phi) is 9.66. The molecule has 0 saturated heterocycles. The minimum Gasteiger partial charge on any atom is -0.328 e. The first-order valence-electron chi connectivity index (χ1n) is 11.3. The highest BCUT2D eigenvalue weighted by Crippen LogP contribution is 2.51. The van der Waals surface area contributed by atoms with Gasteiger partial charge in [0.2, 0.25) is 0 Å². The van der Waals surface area contributed by atoms with Crippen LogP contribution in [0.15, 0.2) is 12.2 Å². The van der Waals surface area contributed by atoms with Crippen LogP contribution in [0.3, 0.4) is 0 Å². The van der Waals surface area contributed by atoms with Crippen molar-refractivity contribution in [3.63, 3.8) is 0 Å². The van der Waals surface area contributed by atoms with E-state index in [-0.39, 0.29) is 0 Å². The zero-order valence-electron chi connectivity index (χ0n) is 17.7. The Morgan fingerprint density at radius 2 is 1.42 bits per heavy atom. The highest BCUT2D eigenvalue weighted by Gasteiger charge is 2.51. The second kappa shape index (κ2) is 11.5. The van der Waals surface area contributed by atoms with Gasteiger partial charge in [0.05, 0.1) is 0 Å². The number of ether oxygens (including phenoxy) is 3. The fourth-order valence-corrected chi connectivity index (χ4v) is 5.13. The van der Waals surface area contributed by atoms with Crippen molar-refractivity contribution in [3.05, 3.63) is 12.2 Å². The van der Waals surface area contributed by atoms with Gasteiger partial charge in [0, 0.05) is 25.7 Å². The lowest BCUT2D eigenvalue weighted by molar-refractivity contribution is -0.409. The van der Waals surface area contributed by atoms with E-state index in [9.17, 15) is 0 Å². The Hall–Kier alpha value is -0.380. The first-order valence-corrected chi connectivity index (χ1v) is 11.3. The van der Waals surface area contributed by atoms with Crippen molar-refractivity contribution in [1.29, 1.82) is 0 Å². The first kappa shape index (κ1) is 21.9. The maximum absolute atomic E-state index is 6.22. The summed E-state index contributed by atoms with van der Waals surface area (Å²) in [5.74, 6) is 1.55. The summed E-state index contributed by atoms with van der Waals surface area (Å²) in [6.45, 7) is 10.3. The van der Waals surface area contributed by atoms with Gasteiger partial charge in [0.25, 0.3) is 5.97 Å². The van der Waals surface area contributed by atoms with Gasteiger partial charge in [0.1, 0.15) is 0 Å². The van der Waals surface area contributed by atoms with Crippen molar-refractivity contribution >= 4 is 0 Å². The standard InChI is InChI=1S/C23H42O3/c1-5-9-10-11-12-13-14-22(21-18-19-15-16-20(21)17-19)23(24-6-2,25-7-3)26-8-4/h15-16,19-22H,5-14,17-18H2,1-4H3. The normalized spacial score (nSPS) is 25.9. The topological polar surface area (TPSA) is 27.7 Å². The molecule has 0 amide bonds. The zero-order valence-corrected chi connectivity index (χ0v) is 17.7. The summed E-state index contributed by atoms with van der Waals surface area (Å²) in [7, 11) is 0. The molecule has 1 saturated carbocycles. The van der Waals surface area contributed by atoms with E-state index in [1.165, 1.54) is 51.4 Å². The Bertz CT molecular complexity index is 389. The highest BCUT2D eigenvalue weighted by molar-refractivity contribution is 5.11. The number of unbranched alkanes of at least 4 members (excludes halogenated alkanes) is 5. The maximum atomic E-state index is 6.22. The largest absolute Gasteiger partial charge is 0.328 e. The molecule has 26 heavy (non-hydrogen) atoms. The van der Waals surface area contributed by atoms with Crippen molar-refractivity contribution in [2.75, 3.05) is 19.8 Å². The minimum atomic E-state index is -0.856. The molecule has 0 heterocycles. The van der Waals surface area contributed by atoms with E-state index < -0.39 is 5.97 Å². The Morgan fingerprint density at radius 3 is 1.92 bits per heavy atom. The fraction of sp³-hybridized carbons (Fsp3) is 0.913. The molecule has 2 aliphatic rings. The summed E-state index contributed by atoms with van der Waals surface area (Å²) in [5, 5.41) is 0. The molecule has 2 rings (SSSR count). The van der Waals surface area contributed by atoms with E-state index in [1.54, 1.807) is 0 Å². The zero-order chi connectivity index (χ0) is 18.8. The van der Waals surface area contributed by atoms with Crippen LogP contribution in [-0.2, 0) is 14.2 Å². The van der Waals surface area contributed by atoms with Crippen molar-refractivity contribution < 1.29 is 14.2 Å². The van der Waals surface area contributed by atoms with Gasteiger partial charge in [-0.25, -0.2) is 0 Å². The summed E-state index contributed by atoms with van der Waals surface area (Å²) in [5.41, 5.74) is 0. The average molecular weight is 367 g/mol. The minimum absolute atomic E-state index is 0.327.